The van der Waals surface area contributed by atoms with Crippen molar-refractivity contribution in [2.24, 2.45) is 16.9 Å². The molecule has 4 nitrogen and oxygen atoms in total. The highest BCUT2D eigenvalue weighted by Crippen LogP contribution is 2.20. The molecule has 0 atom stereocenters. The van der Waals surface area contributed by atoms with Crippen LogP contribution >= 0.6 is 0 Å². The predicted octanol–water partition coefficient (Wildman–Crippen LogP) is 0.971. The number of hydrogen-bond acceptors (Lipinski definition) is 4. The van der Waals surface area contributed by atoms with E-state index in [2.05, 4.69) is 31.0 Å². The molecule has 4 heteroatoms. The van der Waals surface area contributed by atoms with Gasteiger partial charge in [-0.2, -0.15) is 0 Å². The van der Waals surface area contributed by atoms with Crippen LogP contribution in [-0.4, -0.2) is 31.1 Å². The monoisotopic (exact) mass is 238 g/mol. The van der Waals surface area contributed by atoms with Crippen LogP contribution in [-0.2, 0) is 0 Å². The van der Waals surface area contributed by atoms with Gasteiger partial charge in [-0.1, -0.05) is 20.8 Å². The maximum absolute atomic E-state index is 6.07. The Morgan fingerprint density at radius 1 is 1.12 bits per heavy atom. The lowest BCUT2D eigenvalue weighted by Gasteiger charge is -2.22. The van der Waals surface area contributed by atoms with Crippen LogP contribution in [0.2, 0.25) is 0 Å². The summed E-state index contributed by atoms with van der Waals surface area (Å²) in [5.74, 6) is 0.806. The summed E-state index contributed by atoms with van der Waals surface area (Å²) in [6, 6.07) is 0. The lowest BCUT2D eigenvalue weighted by molar-refractivity contribution is 0.363. The zero-order chi connectivity index (χ0) is 12.9. The number of hydrogen-bond donors (Lipinski definition) is 3. The molecule has 0 unspecified atom stereocenters. The summed E-state index contributed by atoms with van der Waals surface area (Å²) in [4.78, 5) is 2.20. The Morgan fingerprint density at radius 3 is 2.47 bits per heavy atom. The van der Waals surface area contributed by atoms with Gasteiger partial charge in [-0.25, -0.2) is 0 Å². The lowest BCUT2D eigenvalue weighted by atomic mass is 9.92. The van der Waals surface area contributed by atoms with Crippen molar-refractivity contribution >= 4 is 0 Å². The van der Waals surface area contributed by atoms with Crippen molar-refractivity contribution in [1.82, 2.24) is 10.2 Å². The van der Waals surface area contributed by atoms with Crippen LogP contribution in [0.1, 0.15) is 27.2 Å². The third-order valence-electron chi connectivity index (χ3n) is 3.00. The molecular formula is C13H26N4. The van der Waals surface area contributed by atoms with Gasteiger partial charge in [-0.05, 0) is 25.1 Å². The molecule has 0 spiro atoms. The summed E-state index contributed by atoms with van der Waals surface area (Å²) < 4.78 is 0. The normalized spacial score (nSPS) is 20.3. The zero-order valence-corrected chi connectivity index (χ0v) is 11.3. The molecule has 1 aliphatic rings. The predicted molar refractivity (Wildman–Crippen MR) is 73.1 cm³/mol. The van der Waals surface area contributed by atoms with Crippen molar-refractivity contribution in [3.8, 4) is 0 Å². The van der Waals surface area contributed by atoms with Crippen molar-refractivity contribution in [1.29, 1.82) is 0 Å². The molecule has 1 fully saturated rings. The topological polar surface area (TPSA) is 67.3 Å². The van der Waals surface area contributed by atoms with E-state index in [-0.39, 0.29) is 5.41 Å². The van der Waals surface area contributed by atoms with Crippen molar-refractivity contribution in [3.05, 3.63) is 23.7 Å². The summed E-state index contributed by atoms with van der Waals surface area (Å²) in [6.45, 7) is 10.3. The standard InChI is InChI=1S/C13H26N4/c1-13(2,3)11(14)5-6-12(15)17-9-4-7-16-8-10-17/h5-6,16H,4,7-10,14-15H2,1-3H3/b11-5-,12-6+. The molecule has 5 N–H and O–H groups in total. The van der Waals surface area contributed by atoms with Gasteiger partial charge in [0.2, 0.25) is 0 Å². The molecule has 0 amide bonds. The lowest BCUT2D eigenvalue weighted by Crippen LogP contribution is -2.31. The van der Waals surface area contributed by atoms with Crippen molar-refractivity contribution in [2.45, 2.75) is 27.2 Å². The SMILES string of the molecule is CC(C)(C)/C(N)=C/C=C(\N)N1CCCNCC1. The second-order valence-corrected chi connectivity index (χ2v) is 5.55. The van der Waals surface area contributed by atoms with E-state index in [0.717, 1.165) is 44.1 Å². The number of nitrogens with zero attached hydrogens (tertiary/aromatic N) is 1. The third kappa shape index (κ3) is 4.69. The first-order valence-electron chi connectivity index (χ1n) is 6.30. The Morgan fingerprint density at radius 2 is 1.82 bits per heavy atom. The number of allylic oxidation sites excluding steroid dienone is 3. The molecule has 0 radical (unpaired) electrons. The molecular weight excluding hydrogens is 212 g/mol. The first-order chi connectivity index (χ1) is 7.91. The molecule has 0 aliphatic carbocycles. The van der Waals surface area contributed by atoms with Crippen LogP contribution in [0.4, 0.5) is 0 Å². The van der Waals surface area contributed by atoms with Crippen LogP contribution in [0.25, 0.3) is 0 Å². The van der Waals surface area contributed by atoms with Gasteiger partial charge in [0.1, 0.15) is 0 Å². The van der Waals surface area contributed by atoms with E-state index in [1.807, 2.05) is 12.2 Å². The minimum Gasteiger partial charge on any atom is -0.402 e. The van der Waals surface area contributed by atoms with Gasteiger partial charge in [0.15, 0.2) is 0 Å². The van der Waals surface area contributed by atoms with Crippen LogP contribution in [0.5, 0.6) is 0 Å². The largest absolute Gasteiger partial charge is 0.402 e. The van der Waals surface area contributed by atoms with E-state index in [1.165, 1.54) is 0 Å². The first-order valence-corrected chi connectivity index (χ1v) is 6.30. The fourth-order valence-corrected chi connectivity index (χ4v) is 1.63. The van der Waals surface area contributed by atoms with Crippen LogP contribution in [0.15, 0.2) is 23.7 Å². The van der Waals surface area contributed by atoms with Crippen LogP contribution in [0.3, 0.4) is 0 Å². The number of nitrogens with one attached hydrogen (secondary N) is 1. The van der Waals surface area contributed by atoms with E-state index in [1.54, 1.807) is 0 Å². The summed E-state index contributed by atoms with van der Waals surface area (Å²) in [6.07, 6.45) is 4.98. The average molecular weight is 238 g/mol. The van der Waals surface area contributed by atoms with E-state index >= 15 is 0 Å². The Hall–Kier alpha value is -1.16. The fourth-order valence-electron chi connectivity index (χ4n) is 1.63. The molecule has 17 heavy (non-hydrogen) atoms. The second kappa shape index (κ2) is 5.96. The molecule has 0 aromatic carbocycles. The highest BCUT2D eigenvalue weighted by molar-refractivity contribution is 5.17. The number of nitrogens with two attached hydrogens (primary N) is 2. The van der Waals surface area contributed by atoms with Crippen molar-refractivity contribution in [2.75, 3.05) is 26.2 Å². The Balaban J connectivity index is 2.64. The Labute approximate surface area is 105 Å². The smallest absolute Gasteiger partial charge is 0.0987 e. The molecule has 1 rings (SSSR count). The van der Waals surface area contributed by atoms with Gasteiger partial charge in [0.05, 0.1) is 5.82 Å². The van der Waals surface area contributed by atoms with Gasteiger partial charge in [0.25, 0.3) is 0 Å². The summed E-state index contributed by atoms with van der Waals surface area (Å²) >= 11 is 0. The Kier molecular flexibility index (Phi) is 4.87. The highest BCUT2D eigenvalue weighted by atomic mass is 15.2. The minimum atomic E-state index is -0.00285. The summed E-state index contributed by atoms with van der Waals surface area (Å²) in [7, 11) is 0. The summed E-state index contributed by atoms with van der Waals surface area (Å²) in [5.41, 5.74) is 12.9. The molecule has 1 aliphatic heterocycles. The highest BCUT2D eigenvalue weighted by Gasteiger charge is 2.13. The van der Waals surface area contributed by atoms with Crippen molar-refractivity contribution in [3.63, 3.8) is 0 Å². The minimum absolute atomic E-state index is 0.00285. The van der Waals surface area contributed by atoms with Gasteiger partial charge < -0.3 is 21.7 Å². The van der Waals surface area contributed by atoms with E-state index in [0.29, 0.717) is 0 Å². The summed E-state index contributed by atoms with van der Waals surface area (Å²) in [5, 5.41) is 3.36. The van der Waals surface area contributed by atoms with Gasteiger partial charge in [-0.15, -0.1) is 0 Å². The zero-order valence-electron chi connectivity index (χ0n) is 11.3. The van der Waals surface area contributed by atoms with E-state index in [9.17, 15) is 0 Å². The molecule has 98 valence electrons. The molecule has 0 saturated carbocycles. The van der Waals surface area contributed by atoms with Crippen molar-refractivity contribution < 1.29 is 0 Å². The van der Waals surface area contributed by atoms with Gasteiger partial charge in [-0.3, -0.25) is 0 Å². The molecule has 0 aromatic heterocycles. The van der Waals surface area contributed by atoms with Crippen LogP contribution < -0.4 is 16.8 Å². The van der Waals surface area contributed by atoms with E-state index in [4.69, 9.17) is 11.5 Å². The van der Waals surface area contributed by atoms with Gasteiger partial charge >= 0.3 is 0 Å². The molecule has 1 heterocycles. The van der Waals surface area contributed by atoms with Crippen LogP contribution in [0, 0.1) is 5.41 Å². The third-order valence-corrected chi connectivity index (χ3v) is 3.00. The molecule has 0 aromatic rings. The Bertz CT molecular complexity index is 291. The fraction of sp³-hybridized carbons (Fsp3) is 0.692. The molecule has 0 bridgehead atoms. The maximum atomic E-state index is 6.07. The average Bonchev–Trinajstić information content (AvgIpc) is 2.52. The molecule has 1 saturated heterocycles. The second-order valence-electron chi connectivity index (χ2n) is 5.55. The maximum Gasteiger partial charge on any atom is 0.0987 e. The quantitative estimate of drug-likeness (QED) is 0.627. The first kappa shape index (κ1) is 13.9. The van der Waals surface area contributed by atoms with Gasteiger partial charge in [0, 0.05) is 30.7 Å². The number of rotatable bonds is 2. The van der Waals surface area contributed by atoms with E-state index < -0.39 is 0 Å².